The molecule has 4 heteroatoms. The Bertz CT molecular complexity index is 282. The molecule has 2 amide bonds. The molecule has 2 aliphatic heterocycles. The van der Waals surface area contributed by atoms with E-state index in [9.17, 15) is 4.79 Å². The second kappa shape index (κ2) is 4.84. The van der Waals surface area contributed by atoms with Crippen molar-refractivity contribution in [3.8, 4) is 0 Å². The first-order valence-corrected chi connectivity index (χ1v) is 6.76. The van der Waals surface area contributed by atoms with Crippen LogP contribution in [0.2, 0.25) is 0 Å². The van der Waals surface area contributed by atoms with Crippen molar-refractivity contribution < 1.29 is 4.79 Å². The summed E-state index contributed by atoms with van der Waals surface area (Å²) in [6.45, 7) is 7.41. The molecule has 0 bridgehead atoms. The molecule has 2 saturated heterocycles. The summed E-state index contributed by atoms with van der Waals surface area (Å²) in [5.74, 6) is 0. The number of nitrogens with zero attached hydrogens (tertiary/aromatic N) is 2. The SMILES string of the molecule is CN1CCC(NC(=O)N2CCCC2(C)C)CC1. The van der Waals surface area contributed by atoms with Gasteiger partial charge in [-0.25, -0.2) is 4.79 Å². The number of likely N-dealkylation sites (tertiary alicyclic amines) is 2. The second-order valence-electron chi connectivity index (χ2n) is 6.09. The fraction of sp³-hybridized carbons (Fsp3) is 0.923. The van der Waals surface area contributed by atoms with Crippen LogP contribution in [-0.4, -0.2) is 54.1 Å². The van der Waals surface area contributed by atoms with Gasteiger partial charge in [-0.05, 0) is 59.7 Å². The average Bonchev–Trinajstić information content (AvgIpc) is 2.61. The molecule has 2 rings (SSSR count). The van der Waals surface area contributed by atoms with E-state index in [0.717, 1.165) is 45.3 Å². The number of amides is 2. The predicted molar refractivity (Wildman–Crippen MR) is 69.1 cm³/mol. The lowest BCUT2D eigenvalue weighted by molar-refractivity contribution is 0.154. The lowest BCUT2D eigenvalue weighted by Gasteiger charge is -2.35. The van der Waals surface area contributed by atoms with Gasteiger partial charge in [-0.2, -0.15) is 0 Å². The Kier molecular flexibility index (Phi) is 3.61. The minimum atomic E-state index is 0.0372. The number of hydrogen-bond donors (Lipinski definition) is 1. The van der Waals surface area contributed by atoms with Crippen LogP contribution in [0.15, 0.2) is 0 Å². The van der Waals surface area contributed by atoms with E-state index in [1.54, 1.807) is 0 Å². The number of urea groups is 1. The van der Waals surface area contributed by atoms with Gasteiger partial charge in [0.15, 0.2) is 0 Å². The summed E-state index contributed by atoms with van der Waals surface area (Å²) in [6, 6.07) is 0.511. The first-order valence-electron chi connectivity index (χ1n) is 6.76. The Morgan fingerprint density at radius 2 is 1.88 bits per heavy atom. The highest BCUT2D eigenvalue weighted by Gasteiger charge is 2.36. The smallest absolute Gasteiger partial charge is 0.318 e. The predicted octanol–water partition coefficient (Wildman–Crippen LogP) is 1.66. The largest absolute Gasteiger partial charge is 0.335 e. The van der Waals surface area contributed by atoms with Crippen LogP contribution in [0.5, 0.6) is 0 Å². The Morgan fingerprint density at radius 1 is 1.24 bits per heavy atom. The van der Waals surface area contributed by atoms with Crippen molar-refractivity contribution in [1.29, 1.82) is 0 Å². The fourth-order valence-electron chi connectivity index (χ4n) is 2.89. The van der Waals surface area contributed by atoms with E-state index >= 15 is 0 Å². The van der Waals surface area contributed by atoms with Gasteiger partial charge in [0.2, 0.25) is 0 Å². The maximum absolute atomic E-state index is 12.2. The zero-order valence-electron chi connectivity index (χ0n) is 11.3. The number of carbonyl (C=O) groups is 1. The standard InChI is InChI=1S/C13H25N3O/c1-13(2)7-4-8-16(13)12(17)14-11-5-9-15(3)10-6-11/h11H,4-10H2,1-3H3,(H,14,17). The van der Waals surface area contributed by atoms with Gasteiger partial charge in [0.1, 0.15) is 0 Å². The molecule has 0 radical (unpaired) electrons. The van der Waals surface area contributed by atoms with Gasteiger partial charge in [0.25, 0.3) is 0 Å². The molecule has 2 fully saturated rings. The maximum Gasteiger partial charge on any atom is 0.318 e. The molecule has 98 valence electrons. The molecule has 0 saturated carbocycles. The molecule has 2 heterocycles. The number of piperidine rings is 1. The monoisotopic (exact) mass is 239 g/mol. The minimum absolute atomic E-state index is 0.0372. The van der Waals surface area contributed by atoms with Crippen molar-refractivity contribution in [2.24, 2.45) is 0 Å². The summed E-state index contributed by atoms with van der Waals surface area (Å²) in [4.78, 5) is 16.5. The summed E-state index contributed by atoms with van der Waals surface area (Å²) >= 11 is 0. The molecule has 0 unspecified atom stereocenters. The van der Waals surface area contributed by atoms with Gasteiger partial charge in [0.05, 0.1) is 0 Å². The van der Waals surface area contributed by atoms with Crippen molar-refractivity contribution in [3.63, 3.8) is 0 Å². The van der Waals surface area contributed by atoms with Crippen molar-refractivity contribution >= 4 is 6.03 Å². The second-order valence-corrected chi connectivity index (χ2v) is 6.09. The van der Waals surface area contributed by atoms with E-state index in [1.807, 2.05) is 4.90 Å². The topological polar surface area (TPSA) is 35.6 Å². The third kappa shape index (κ3) is 2.92. The molecule has 0 spiro atoms. The first-order chi connectivity index (χ1) is 7.99. The van der Waals surface area contributed by atoms with E-state index in [2.05, 4.69) is 31.1 Å². The van der Waals surface area contributed by atoms with E-state index in [1.165, 1.54) is 0 Å². The Morgan fingerprint density at radius 3 is 2.41 bits per heavy atom. The van der Waals surface area contributed by atoms with Gasteiger partial charge < -0.3 is 15.1 Å². The third-order valence-electron chi connectivity index (χ3n) is 4.19. The molecular formula is C13H25N3O. The Hall–Kier alpha value is -0.770. The lowest BCUT2D eigenvalue weighted by atomic mass is 10.0. The number of carbonyl (C=O) groups excluding carboxylic acids is 1. The first kappa shape index (κ1) is 12.7. The summed E-state index contributed by atoms with van der Waals surface area (Å²) in [6.07, 6.45) is 4.41. The highest BCUT2D eigenvalue weighted by atomic mass is 16.2. The van der Waals surface area contributed by atoms with Crippen molar-refractivity contribution in [2.45, 2.75) is 51.1 Å². The van der Waals surface area contributed by atoms with Crippen LogP contribution in [0.3, 0.4) is 0 Å². The summed E-state index contributed by atoms with van der Waals surface area (Å²) < 4.78 is 0. The van der Waals surface area contributed by atoms with Crippen LogP contribution in [0, 0.1) is 0 Å². The number of nitrogens with one attached hydrogen (secondary N) is 1. The van der Waals surface area contributed by atoms with Crippen LogP contribution in [0.1, 0.15) is 39.5 Å². The van der Waals surface area contributed by atoms with Crippen molar-refractivity contribution in [1.82, 2.24) is 15.1 Å². The number of rotatable bonds is 1. The molecule has 0 aromatic rings. The molecule has 2 aliphatic rings. The van der Waals surface area contributed by atoms with Crippen LogP contribution in [0.25, 0.3) is 0 Å². The van der Waals surface area contributed by atoms with Gasteiger partial charge in [-0.3, -0.25) is 0 Å². The Balaban J connectivity index is 1.85. The molecule has 17 heavy (non-hydrogen) atoms. The molecular weight excluding hydrogens is 214 g/mol. The van der Waals surface area contributed by atoms with Crippen molar-refractivity contribution in [2.75, 3.05) is 26.7 Å². The van der Waals surface area contributed by atoms with Gasteiger partial charge >= 0.3 is 6.03 Å². The zero-order valence-corrected chi connectivity index (χ0v) is 11.3. The van der Waals surface area contributed by atoms with Crippen molar-refractivity contribution in [3.05, 3.63) is 0 Å². The minimum Gasteiger partial charge on any atom is -0.335 e. The maximum atomic E-state index is 12.2. The molecule has 0 aromatic carbocycles. The molecule has 0 atom stereocenters. The highest BCUT2D eigenvalue weighted by molar-refractivity contribution is 5.75. The Labute approximate surface area is 104 Å². The van der Waals surface area contributed by atoms with Crippen LogP contribution < -0.4 is 5.32 Å². The zero-order chi connectivity index (χ0) is 12.5. The van der Waals surface area contributed by atoms with E-state index < -0.39 is 0 Å². The van der Waals surface area contributed by atoms with Gasteiger partial charge in [0, 0.05) is 18.1 Å². The normalized spacial score (nSPS) is 26.2. The number of hydrogen-bond acceptors (Lipinski definition) is 2. The van der Waals surface area contributed by atoms with Gasteiger partial charge in [-0.1, -0.05) is 0 Å². The van der Waals surface area contributed by atoms with Crippen LogP contribution >= 0.6 is 0 Å². The molecule has 0 aliphatic carbocycles. The van der Waals surface area contributed by atoms with E-state index in [0.29, 0.717) is 6.04 Å². The summed E-state index contributed by atoms with van der Waals surface area (Å²) in [5, 5.41) is 3.20. The molecule has 1 N–H and O–H groups in total. The van der Waals surface area contributed by atoms with Crippen LogP contribution in [-0.2, 0) is 0 Å². The van der Waals surface area contributed by atoms with Crippen LogP contribution in [0.4, 0.5) is 4.79 Å². The molecule has 4 nitrogen and oxygen atoms in total. The van der Waals surface area contributed by atoms with E-state index in [-0.39, 0.29) is 11.6 Å². The average molecular weight is 239 g/mol. The third-order valence-corrected chi connectivity index (χ3v) is 4.19. The lowest BCUT2D eigenvalue weighted by Crippen LogP contribution is -2.52. The fourth-order valence-corrected chi connectivity index (χ4v) is 2.89. The quantitative estimate of drug-likeness (QED) is 0.755. The summed E-state index contributed by atoms with van der Waals surface area (Å²) in [7, 11) is 2.14. The van der Waals surface area contributed by atoms with E-state index in [4.69, 9.17) is 0 Å². The highest BCUT2D eigenvalue weighted by Crippen LogP contribution is 2.28. The molecule has 0 aromatic heterocycles. The van der Waals surface area contributed by atoms with Gasteiger partial charge in [-0.15, -0.1) is 0 Å². The summed E-state index contributed by atoms with van der Waals surface area (Å²) in [5.41, 5.74) is 0.0372.